The molecule has 0 bridgehead atoms. The van der Waals surface area contributed by atoms with E-state index in [2.05, 4.69) is 11.9 Å². The molecule has 30 heavy (non-hydrogen) atoms. The summed E-state index contributed by atoms with van der Waals surface area (Å²) in [4.78, 5) is 30.1. The number of nitrogens with one attached hydrogen (secondary N) is 1. The molecule has 4 rings (SSSR count). The lowest BCUT2D eigenvalue weighted by Gasteiger charge is -2.16. The van der Waals surface area contributed by atoms with E-state index in [4.69, 9.17) is 14.1 Å². The number of amides is 1. The summed E-state index contributed by atoms with van der Waals surface area (Å²) in [6, 6.07) is 11.2. The van der Waals surface area contributed by atoms with Crippen LogP contribution in [0, 0.1) is 0 Å². The van der Waals surface area contributed by atoms with Gasteiger partial charge in [0.25, 0.3) is 5.91 Å². The van der Waals surface area contributed by atoms with E-state index in [1.54, 1.807) is 19.3 Å². The lowest BCUT2D eigenvalue weighted by Crippen LogP contribution is -2.36. The second-order valence-corrected chi connectivity index (χ2v) is 7.10. The van der Waals surface area contributed by atoms with Crippen LogP contribution in [0.3, 0.4) is 0 Å². The number of aromatic nitrogens is 1. The summed E-state index contributed by atoms with van der Waals surface area (Å²) in [5, 5.41) is 3.37. The minimum atomic E-state index is -0.917. The van der Waals surface area contributed by atoms with Crippen LogP contribution in [0.25, 0.3) is 22.6 Å². The average molecular weight is 402 g/mol. The molecule has 1 aliphatic rings. The molecule has 2 heterocycles. The molecular formula is C24H22N2O4. The van der Waals surface area contributed by atoms with Gasteiger partial charge in [0.05, 0.1) is 23.0 Å². The van der Waals surface area contributed by atoms with Crippen LogP contribution in [-0.4, -0.2) is 29.5 Å². The number of hydrogen-bond acceptors (Lipinski definition) is 5. The van der Waals surface area contributed by atoms with Crippen molar-refractivity contribution in [3.63, 3.8) is 0 Å². The van der Waals surface area contributed by atoms with Crippen molar-refractivity contribution >= 4 is 34.4 Å². The zero-order chi connectivity index (χ0) is 21.1. The van der Waals surface area contributed by atoms with Crippen molar-refractivity contribution in [2.75, 3.05) is 6.54 Å². The van der Waals surface area contributed by atoms with Crippen LogP contribution in [0.1, 0.15) is 40.7 Å². The Kier molecular flexibility index (Phi) is 5.48. The standard InChI is InChI=1S/C24H22N2O4/c1-3-12-25-23(27)15(2)30-24(28)21-18-8-4-5-9-20(18)26-22-16(10-11-19(21)22)14-17-7-6-13-29-17/h3-9,13-15H,1,10-12H2,2H3,(H,25,27)/b16-14+/t15-/m0/s1. The molecule has 1 N–H and O–H groups in total. The molecule has 0 radical (unpaired) electrons. The number of rotatable bonds is 6. The maximum atomic E-state index is 13.1. The molecule has 0 saturated carbocycles. The van der Waals surface area contributed by atoms with Crippen molar-refractivity contribution in [3.8, 4) is 0 Å². The van der Waals surface area contributed by atoms with E-state index in [0.717, 1.165) is 34.4 Å². The number of allylic oxidation sites excluding steroid dienone is 1. The molecule has 3 aromatic rings. The van der Waals surface area contributed by atoms with Crippen LogP contribution in [0.4, 0.5) is 0 Å². The fraction of sp³-hybridized carbons (Fsp3) is 0.208. The molecule has 1 aromatic carbocycles. The SMILES string of the molecule is C=CCNC(=O)[C@H](C)OC(=O)c1c2c(nc3ccccc13)/C(=C/c1ccco1)CC2. The number of carbonyl (C=O) groups is 2. The zero-order valence-electron chi connectivity index (χ0n) is 16.7. The summed E-state index contributed by atoms with van der Waals surface area (Å²) in [5.41, 5.74) is 3.81. The van der Waals surface area contributed by atoms with E-state index in [9.17, 15) is 9.59 Å². The Bertz CT molecular complexity index is 1150. The number of carbonyl (C=O) groups excluding carboxylic acids is 2. The molecule has 2 aromatic heterocycles. The van der Waals surface area contributed by atoms with Gasteiger partial charge in [-0.05, 0) is 55.2 Å². The summed E-state index contributed by atoms with van der Waals surface area (Å²) in [6.07, 6.45) is 5.64. The molecule has 0 aliphatic heterocycles. The average Bonchev–Trinajstić information content (AvgIpc) is 3.40. The third kappa shape index (κ3) is 3.76. The zero-order valence-corrected chi connectivity index (χ0v) is 16.7. The maximum absolute atomic E-state index is 13.1. The molecule has 152 valence electrons. The summed E-state index contributed by atoms with van der Waals surface area (Å²) in [6.45, 7) is 5.44. The number of ether oxygens (including phenoxy) is 1. The molecule has 0 saturated heterocycles. The van der Waals surface area contributed by atoms with Crippen molar-refractivity contribution in [1.29, 1.82) is 0 Å². The molecule has 6 nitrogen and oxygen atoms in total. The number of nitrogens with zero attached hydrogens (tertiary/aromatic N) is 1. The quantitative estimate of drug-likeness (QED) is 0.495. The van der Waals surface area contributed by atoms with Gasteiger partial charge in [-0.2, -0.15) is 0 Å². The van der Waals surface area contributed by atoms with E-state index in [1.165, 1.54) is 0 Å². The van der Waals surface area contributed by atoms with Gasteiger partial charge in [0, 0.05) is 11.9 Å². The van der Waals surface area contributed by atoms with Gasteiger partial charge in [0.2, 0.25) is 0 Å². The molecule has 1 aliphatic carbocycles. The first-order chi connectivity index (χ1) is 14.6. The predicted octanol–water partition coefficient (Wildman–Crippen LogP) is 4.16. The van der Waals surface area contributed by atoms with Crippen molar-refractivity contribution in [1.82, 2.24) is 10.3 Å². The highest BCUT2D eigenvalue weighted by molar-refractivity contribution is 6.07. The molecule has 1 atom stereocenters. The minimum absolute atomic E-state index is 0.315. The van der Waals surface area contributed by atoms with Gasteiger partial charge in [-0.15, -0.1) is 6.58 Å². The number of hydrogen-bond donors (Lipinski definition) is 1. The van der Waals surface area contributed by atoms with Gasteiger partial charge in [-0.1, -0.05) is 24.3 Å². The van der Waals surface area contributed by atoms with E-state index >= 15 is 0 Å². The Balaban J connectivity index is 1.74. The summed E-state index contributed by atoms with van der Waals surface area (Å²) in [5.74, 6) is -0.147. The molecule has 6 heteroatoms. The van der Waals surface area contributed by atoms with Gasteiger partial charge in [-0.3, -0.25) is 4.79 Å². The number of benzene rings is 1. The van der Waals surface area contributed by atoms with E-state index in [-0.39, 0.29) is 5.91 Å². The third-order valence-electron chi connectivity index (χ3n) is 5.08. The Morgan fingerprint density at radius 3 is 2.87 bits per heavy atom. The largest absolute Gasteiger partial charge is 0.465 e. The highest BCUT2D eigenvalue weighted by Gasteiger charge is 2.29. The first kappa shape index (κ1) is 19.6. The monoisotopic (exact) mass is 402 g/mol. The van der Waals surface area contributed by atoms with E-state index in [1.807, 2.05) is 42.5 Å². The molecule has 0 unspecified atom stereocenters. The Morgan fingerprint density at radius 1 is 1.27 bits per heavy atom. The van der Waals surface area contributed by atoms with Gasteiger partial charge >= 0.3 is 5.97 Å². The highest BCUT2D eigenvalue weighted by Crippen LogP contribution is 2.37. The van der Waals surface area contributed by atoms with Crippen molar-refractivity contribution in [3.05, 3.63) is 77.9 Å². The predicted molar refractivity (Wildman–Crippen MR) is 115 cm³/mol. The number of pyridine rings is 1. The Hall–Kier alpha value is -3.67. The summed E-state index contributed by atoms with van der Waals surface area (Å²) >= 11 is 0. The number of fused-ring (bicyclic) bond motifs is 2. The van der Waals surface area contributed by atoms with Gasteiger partial charge in [0.15, 0.2) is 6.10 Å². The normalized spacial score (nSPS) is 15.0. The van der Waals surface area contributed by atoms with Gasteiger partial charge in [-0.25, -0.2) is 9.78 Å². The molecule has 0 spiro atoms. The van der Waals surface area contributed by atoms with E-state index in [0.29, 0.717) is 24.0 Å². The highest BCUT2D eigenvalue weighted by atomic mass is 16.5. The van der Waals surface area contributed by atoms with Crippen molar-refractivity contribution in [2.45, 2.75) is 25.9 Å². The van der Waals surface area contributed by atoms with Crippen LogP contribution in [0.15, 0.2) is 59.7 Å². The summed E-state index contributed by atoms with van der Waals surface area (Å²) < 4.78 is 11.0. The fourth-order valence-corrected chi connectivity index (χ4v) is 3.65. The number of para-hydroxylation sites is 1. The Labute approximate surface area is 174 Å². The van der Waals surface area contributed by atoms with Crippen LogP contribution in [0.2, 0.25) is 0 Å². The topological polar surface area (TPSA) is 81.4 Å². The lowest BCUT2D eigenvalue weighted by molar-refractivity contribution is -0.128. The van der Waals surface area contributed by atoms with E-state index < -0.39 is 12.1 Å². The van der Waals surface area contributed by atoms with Crippen LogP contribution in [0.5, 0.6) is 0 Å². The van der Waals surface area contributed by atoms with Gasteiger partial charge in [0.1, 0.15) is 5.76 Å². The summed E-state index contributed by atoms with van der Waals surface area (Å²) in [7, 11) is 0. The molecule has 1 amide bonds. The van der Waals surface area contributed by atoms with Crippen LogP contribution in [-0.2, 0) is 16.0 Å². The maximum Gasteiger partial charge on any atom is 0.339 e. The molecular weight excluding hydrogens is 380 g/mol. The van der Waals surface area contributed by atoms with Crippen LogP contribution < -0.4 is 5.32 Å². The third-order valence-corrected chi connectivity index (χ3v) is 5.08. The lowest BCUT2D eigenvalue weighted by atomic mass is 10.0. The fourth-order valence-electron chi connectivity index (χ4n) is 3.65. The second kappa shape index (κ2) is 8.37. The Morgan fingerprint density at radius 2 is 2.10 bits per heavy atom. The molecule has 0 fully saturated rings. The minimum Gasteiger partial charge on any atom is -0.465 e. The number of furan rings is 1. The van der Waals surface area contributed by atoms with Crippen molar-refractivity contribution < 1.29 is 18.7 Å². The first-order valence-electron chi connectivity index (χ1n) is 9.84. The second-order valence-electron chi connectivity index (χ2n) is 7.10. The van der Waals surface area contributed by atoms with Crippen LogP contribution >= 0.6 is 0 Å². The first-order valence-corrected chi connectivity index (χ1v) is 9.84. The van der Waals surface area contributed by atoms with Gasteiger partial charge < -0.3 is 14.5 Å². The number of esters is 1. The van der Waals surface area contributed by atoms with Crippen molar-refractivity contribution in [2.24, 2.45) is 0 Å². The smallest absolute Gasteiger partial charge is 0.339 e.